The molecule has 7 heteroatoms. The highest BCUT2D eigenvalue weighted by Crippen LogP contribution is 2.26. The summed E-state index contributed by atoms with van der Waals surface area (Å²) in [6.07, 6.45) is 0. The number of nitrogens with zero attached hydrogens (tertiary/aromatic N) is 2. The third-order valence-corrected chi connectivity index (χ3v) is 5.88. The number of Topliss-reactive ketones (excluding diaryl/α,β-unsaturated/α-hetero) is 1. The summed E-state index contributed by atoms with van der Waals surface area (Å²) >= 11 is 1.14. The van der Waals surface area contributed by atoms with E-state index in [0.29, 0.717) is 22.6 Å². The Bertz CT molecular complexity index is 1330. The normalized spacial score (nSPS) is 11.0. The molecule has 1 heterocycles. The van der Waals surface area contributed by atoms with Crippen molar-refractivity contribution in [1.82, 2.24) is 9.55 Å². The van der Waals surface area contributed by atoms with Crippen LogP contribution in [-0.4, -0.2) is 31.3 Å². The van der Waals surface area contributed by atoms with E-state index in [1.54, 1.807) is 22.8 Å². The fourth-order valence-corrected chi connectivity index (χ4v) is 4.12. The van der Waals surface area contributed by atoms with E-state index in [1.807, 2.05) is 37.3 Å². The highest BCUT2D eigenvalue weighted by molar-refractivity contribution is 7.99. The van der Waals surface area contributed by atoms with Crippen LogP contribution in [0.1, 0.15) is 21.5 Å². The second-order valence-electron chi connectivity index (χ2n) is 7.20. The van der Waals surface area contributed by atoms with Gasteiger partial charge in [-0.1, -0.05) is 53.7 Å². The molecule has 0 radical (unpaired) electrons. The summed E-state index contributed by atoms with van der Waals surface area (Å²) < 4.78 is 1.57. The second kappa shape index (κ2) is 8.65. The highest BCUT2D eigenvalue weighted by Gasteiger charge is 2.16. The first-order chi connectivity index (χ1) is 14.9. The molecule has 6 nitrogen and oxygen atoms in total. The Morgan fingerprint density at radius 2 is 1.77 bits per heavy atom. The molecule has 0 atom stereocenters. The Labute approximate surface area is 182 Å². The zero-order valence-corrected chi connectivity index (χ0v) is 17.6. The van der Waals surface area contributed by atoms with Crippen molar-refractivity contribution in [2.45, 2.75) is 18.6 Å². The summed E-state index contributed by atoms with van der Waals surface area (Å²) in [6.45, 7) is 2.33. The number of benzene rings is 3. The van der Waals surface area contributed by atoms with Crippen molar-refractivity contribution < 1.29 is 15.0 Å². The number of aromatic hydroxyl groups is 2. The molecule has 0 fully saturated rings. The van der Waals surface area contributed by atoms with E-state index in [9.17, 15) is 19.8 Å². The van der Waals surface area contributed by atoms with Gasteiger partial charge >= 0.3 is 0 Å². The number of aromatic nitrogens is 2. The minimum Gasteiger partial charge on any atom is -0.508 e. The first kappa shape index (κ1) is 20.7. The number of para-hydroxylation sites is 1. The predicted octanol–water partition coefficient (Wildman–Crippen LogP) is 4.14. The molecule has 0 spiro atoms. The zero-order chi connectivity index (χ0) is 22.0. The lowest BCUT2D eigenvalue weighted by Gasteiger charge is -2.13. The number of carbonyl (C=O) groups excluding carboxylic acids is 1. The van der Waals surface area contributed by atoms with Gasteiger partial charge in [0, 0.05) is 6.07 Å². The van der Waals surface area contributed by atoms with Crippen LogP contribution >= 0.6 is 11.8 Å². The van der Waals surface area contributed by atoms with E-state index in [4.69, 9.17) is 0 Å². The lowest BCUT2D eigenvalue weighted by Crippen LogP contribution is -2.24. The standard InChI is InChI=1S/C24H20N2O4S/c1-15-6-8-16(9-7-15)13-26-23(30)18-4-2-3-5-20(18)25-24(26)31-14-22(29)19-11-10-17(27)12-21(19)28/h2-12,27-28H,13-14H2,1H3. The van der Waals surface area contributed by atoms with Crippen molar-refractivity contribution in [2.24, 2.45) is 0 Å². The molecule has 2 N–H and O–H groups in total. The van der Waals surface area contributed by atoms with Gasteiger partial charge in [0.15, 0.2) is 10.9 Å². The van der Waals surface area contributed by atoms with Crippen LogP contribution in [0.3, 0.4) is 0 Å². The third-order valence-electron chi connectivity index (χ3n) is 4.90. The van der Waals surface area contributed by atoms with Crippen molar-refractivity contribution >= 4 is 28.4 Å². The lowest BCUT2D eigenvalue weighted by molar-refractivity contribution is 0.102. The van der Waals surface area contributed by atoms with Crippen LogP contribution in [0.5, 0.6) is 11.5 Å². The Kier molecular flexibility index (Phi) is 5.77. The smallest absolute Gasteiger partial charge is 0.262 e. The van der Waals surface area contributed by atoms with Crippen molar-refractivity contribution in [1.29, 1.82) is 0 Å². The van der Waals surface area contributed by atoms with E-state index in [1.165, 1.54) is 12.1 Å². The van der Waals surface area contributed by atoms with Gasteiger partial charge in [0.25, 0.3) is 5.56 Å². The number of ketones is 1. The average molecular weight is 433 g/mol. The van der Waals surface area contributed by atoms with Gasteiger partial charge in [0.1, 0.15) is 11.5 Å². The van der Waals surface area contributed by atoms with Crippen molar-refractivity contribution in [3.8, 4) is 11.5 Å². The van der Waals surface area contributed by atoms with Crippen LogP contribution < -0.4 is 5.56 Å². The van der Waals surface area contributed by atoms with Crippen LogP contribution in [0.2, 0.25) is 0 Å². The number of aryl methyl sites for hydroxylation is 1. The number of fused-ring (bicyclic) bond motifs is 1. The Morgan fingerprint density at radius 3 is 2.52 bits per heavy atom. The molecule has 156 valence electrons. The molecule has 0 aliphatic rings. The van der Waals surface area contributed by atoms with Crippen molar-refractivity contribution in [2.75, 3.05) is 5.75 Å². The monoisotopic (exact) mass is 432 g/mol. The Hall–Kier alpha value is -3.58. The van der Waals surface area contributed by atoms with Gasteiger partial charge < -0.3 is 10.2 Å². The maximum atomic E-state index is 13.2. The summed E-state index contributed by atoms with van der Waals surface area (Å²) in [5.74, 6) is -0.748. The topological polar surface area (TPSA) is 92.4 Å². The summed E-state index contributed by atoms with van der Waals surface area (Å²) in [7, 11) is 0. The highest BCUT2D eigenvalue weighted by atomic mass is 32.2. The number of hydrogen-bond donors (Lipinski definition) is 2. The number of thioether (sulfide) groups is 1. The van der Waals surface area contributed by atoms with Crippen LogP contribution in [0, 0.1) is 6.92 Å². The molecule has 0 aliphatic carbocycles. The van der Waals surface area contributed by atoms with Gasteiger partial charge in [0.05, 0.1) is 28.8 Å². The molecule has 3 aromatic carbocycles. The van der Waals surface area contributed by atoms with Gasteiger partial charge in [-0.3, -0.25) is 14.2 Å². The molecule has 0 unspecified atom stereocenters. The predicted molar refractivity (Wildman–Crippen MR) is 121 cm³/mol. The average Bonchev–Trinajstić information content (AvgIpc) is 2.75. The molecule has 4 rings (SSSR count). The number of carbonyl (C=O) groups is 1. The van der Waals surface area contributed by atoms with Gasteiger partial charge in [0.2, 0.25) is 0 Å². The number of phenols is 2. The number of rotatable bonds is 6. The molecule has 0 aliphatic heterocycles. The van der Waals surface area contributed by atoms with E-state index in [2.05, 4.69) is 4.98 Å². The molecule has 0 saturated heterocycles. The van der Waals surface area contributed by atoms with Crippen LogP contribution in [-0.2, 0) is 6.54 Å². The van der Waals surface area contributed by atoms with Crippen LogP contribution in [0.25, 0.3) is 10.9 Å². The fraction of sp³-hybridized carbons (Fsp3) is 0.125. The summed E-state index contributed by atoms with van der Waals surface area (Å²) in [4.78, 5) is 30.4. The van der Waals surface area contributed by atoms with E-state index >= 15 is 0 Å². The minimum atomic E-state index is -0.327. The second-order valence-corrected chi connectivity index (χ2v) is 8.14. The Morgan fingerprint density at radius 1 is 1.03 bits per heavy atom. The van der Waals surface area contributed by atoms with Crippen molar-refractivity contribution in [3.63, 3.8) is 0 Å². The summed E-state index contributed by atoms with van der Waals surface area (Å²) in [5, 5.41) is 20.3. The van der Waals surface area contributed by atoms with E-state index < -0.39 is 0 Å². The minimum absolute atomic E-state index is 0.0169. The van der Waals surface area contributed by atoms with Gasteiger partial charge in [-0.2, -0.15) is 0 Å². The Balaban J connectivity index is 1.69. The largest absolute Gasteiger partial charge is 0.508 e. The number of hydrogen-bond acceptors (Lipinski definition) is 6. The van der Waals surface area contributed by atoms with Gasteiger partial charge in [-0.15, -0.1) is 0 Å². The molecular formula is C24H20N2O4S. The maximum absolute atomic E-state index is 13.2. The summed E-state index contributed by atoms with van der Waals surface area (Å²) in [6, 6.07) is 18.9. The van der Waals surface area contributed by atoms with E-state index in [0.717, 1.165) is 29.0 Å². The molecule has 31 heavy (non-hydrogen) atoms. The SMILES string of the molecule is Cc1ccc(Cn2c(SCC(=O)c3ccc(O)cc3O)nc3ccccc3c2=O)cc1. The maximum Gasteiger partial charge on any atom is 0.262 e. The van der Waals surface area contributed by atoms with Crippen molar-refractivity contribution in [3.05, 3.63) is 93.8 Å². The first-order valence-corrected chi connectivity index (χ1v) is 10.6. The first-order valence-electron chi connectivity index (χ1n) is 9.65. The molecule has 0 saturated carbocycles. The number of phenolic OH excluding ortho intramolecular Hbond substituents is 2. The lowest BCUT2D eigenvalue weighted by atomic mass is 10.1. The molecule has 0 bridgehead atoms. The quantitative estimate of drug-likeness (QED) is 0.270. The third kappa shape index (κ3) is 4.46. The fourth-order valence-electron chi connectivity index (χ4n) is 3.24. The molecular weight excluding hydrogens is 412 g/mol. The molecule has 0 amide bonds. The van der Waals surface area contributed by atoms with Gasteiger partial charge in [-0.25, -0.2) is 4.98 Å². The molecule has 4 aromatic rings. The van der Waals surface area contributed by atoms with E-state index in [-0.39, 0.29) is 34.2 Å². The zero-order valence-electron chi connectivity index (χ0n) is 16.8. The van der Waals surface area contributed by atoms with Crippen LogP contribution in [0.4, 0.5) is 0 Å². The van der Waals surface area contributed by atoms with Gasteiger partial charge in [-0.05, 0) is 36.8 Å². The summed E-state index contributed by atoms with van der Waals surface area (Å²) in [5.41, 5.74) is 2.58. The molecule has 1 aromatic heterocycles. The van der Waals surface area contributed by atoms with Crippen LogP contribution in [0.15, 0.2) is 76.7 Å².